The summed E-state index contributed by atoms with van der Waals surface area (Å²) in [5.74, 6) is 0.657. The number of guanidine groups is 1. The van der Waals surface area contributed by atoms with Crippen molar-refractivity contribution in [3.05, 3.63) is 24.7 Å². The van der Waals surface area contributed by atoms with Crippen molar-refractivity contribution in [2.24, 2.45) is 15.2 Å². The molecule has 0 bridgehead atoms. The quantitative estimate of drug-likeness (QED) is 0.536. The summed E-state index contributed by atoms with van der Waals surface area (Å²) in [5, 5.41) is 7.68. The van der Waals surface area contributed by atoms with Gasteiger partial charge in [-0.1, -0.05) is 0 Å². The van der Waals surface area contributed by atoms with Crippen molar-refractivity contribution in [1.29, 1.82) is 0 Å². The van der Waals surface area contributed by atoms with Gasteiger partial charge in [-0.2, -0.15) is 5.11 Å². The lowest BCUT2D eigenvalue weighted by molar-refractivity contribution is 0.579. The van der Waals surface area contributed by atoms with Gasteiger partial charge in [0.2, 0.25) is 5.96 Å². The van der Waals surface area contributed by atoms with Crippen LogP contribution in [-0.2, 0) is 0 Å². The lowest BCUT2D eigenvalue weighted by Gasteiger charge is -2.26. The molecule has 0 saturated carbocycles. The fourth-order valence-electron chi connectivity index (χ4n) is 1.06. The molecule has 0 atom stereocenters. The van der Waals surface area contributed by atoms with Crippen molar-refractivity contribution in [3.63, 3.8) is 0 Å². The van der Waals surface area contributed by atoms with Gasteiger partial charge in [0.15, 0.2) is 0 Å². The van der Waals surface area contributed by atoms with E-state index in [2.05, 4.69) is 15.2 Å². The molecule has 0 amide bonds. The number of azo groups is 1. The summed E-state index contributed by atoms with van der Waals surface area (Å²) in [5.41, 5.74) is -0.157. The third-order valence-electron chi connectivity index (χ3n) is 1.70. The molecule has 2 aliphatic rings. The average Bonchev–Trinajstić information content (AvgIpc) is 2.02. The Morgan fingerprint density at radius 3 is 3.00 bits per heavy atom. The molecule has 4 heteroatoms. The summed E-state index contributed by atoms with van der Waals surface area (Å²) < 4.78 is 0. The minimum Gasteiger partial charge on any atom is -0.290 e. The predicted octanol–water partition coefficient (Wildman–Crippen LogP) is 1.89. The first kappa shape index (κ1) is 7.21. The zero-order valence-corrected chi connectivity index (χ0v) is 7.10. The van der Waals surface area contributed by atoms with Gasteiger partial charge in [0.05, 0.1) is 11.7 Å². The highest BCUT2D eigenvalue weighted by molar-refractivity contribution is 5.84. The highest BCUT2D eigenvalue weighted by atomic mass is 15.4. The second-order valence-electron chi connectivity index (χ2n) is 3.30. The second-order valence-corrected chi connectivity index (χ2v) is 3.30. The van der Waals surface area contributed by atoms with Gasteiger partial charge in [-0.15, -0.1) is 5.11 Å². The zero-order valence-electron chi connectivity index (χ0n) is 7.10. The fraction of sp³-hybridized carbons (Fsp3) is 0.375. The Morgan fingerprint density at radius 1 is 1.33 bits per heavy atom. The minimum absolute atomic E-state index is 0.157. The first-order valence-corrected chi connectivity index (χ1v) is 3.82. The van der Waals surface area contributed by atoms with Gasteiger partial charge in [0, 0.05) is 12.4 Å². The molecular weight excluding hydrogens is 152 g/mol. The maximum absolute atomic E-state index is 4.38. The summed E-state index contributed by atoms with van der Waals surface area (Å²) in [6.07, 6.45) is 7.46. The van der Waals surface area contributed by atoms with Crippen molar-refractivity contribution in [3.8, 4) is 0 Å². The Labute approximate surface area is 71.0 Å². The van der Waals surface area contributed by atoms with E-state index in [1.165, 1.54) is 0 Å². The summed E-state index contributed by atoms with van der Waals surface area (Å²) in [7, 11) is 0. The normalized spacial score (nSPS) is 23.8. The van der Waals surface area contributed by atoms with Crippen LogP contribution in [0.15, 0.2) is 39.9 Å². The summed E-state index contributed by atoms with van der Waals surface area (Å²) in [4.78, 5) is 6.23. The molecule has 0 aromatic carbocycles. The van der Waals surface area contributed by atoms with E-state index >= 15 is 0 Å². The predicted molar refractivity (Wildman–Crippen MR) is 46.5 cm³/mol. The van der Waals surface area contributed by atoms with Crippen LogP contribution in [-0.4, -0.2) is 16.4 Å². The van der Waals surface area contributed by atoms with Crippen LogP contribution in [0.1, 0.15) is 13.8 Å². The summed E-state index contributed by atoms with van der Waals surface area (Å²) in [6, 6.07) is 0. The van der Waals surface area contributed by atoms with Crippen molar-refractivity contribution in [1.82, 2.24) is 4.90 Å². The second kappa shape index (κ2) is 2.27. The SMILES string of the molecule is CC1(C)C=CN2C=CN=NC2=N1. The molecule has 0 N–H and O–H groups in total. The van der Waals surface area contributed by atoms with E-state index in [1.807, 2.05) is 37.2 Å². The molecule has 0 spiro atoms. The maximum atomic E-state index is 4.38. The van der Waals surface area contributed by atoms with Crippen LogP contribution in [0.5, 0.6) is 0 Å². The highest BCUT2D eigenvalue weighted by Crippen LogP contribution is 2.19. The Kier molecular flexibility index (Phi) is 1.36. The lowest BCUT2D eigenvalue weighted by Crippen LogP contribution is -2.29. The number of fused-ring (bicyclic) bond motifs is 1. The van der Waals surface area contributed by atoms with Crippen LogP contribution < -0.4 is 0 Å². The van der Waals surface area contributed by atoms with Crippen molar-refractivity contribution in [2.45, 2.75) is 19.4 Å². The van der Waals surface area contributed by atoms with Crippen molar-refractivity contribution in [2.75, 3.05) is 0 Å². The number of nitrogens with zero attached hydrogens (tertiary/aromatic N) is 4. The van der Waals surface area contributed by atoms with E-state index in [0.717, 1.165) is 0 Å². The Balaban J connectivity index is 2.36. The molecule has 0 unspecified atom stereocenters. The monoisotopic (exact) mass is 162 g/mol. The molecule has 0 aromatic heterocycles. The lowest BCUT2D eigenvalue weighted by atomic mass is 10.1. The van der Waals surface area contributed by atoms with E-state index in [-0.39, 0.29) is 5.54 Å². The fourth-order valence-corrected chi connectivity index (χ4v) is 1.06. The number of rotatable bonds is 0. The molecule has 62 valence electrons. The van der Waals surface area contributed by atoms with Crippen LogP contribution in [0.2, 0.25) is 0 Å². The average molecular weight is 162 g/mol. The van der Waals surface area contributed by atoms with Crippen molar-refractivity contribution < 1.29 is 0 Å². The first-order valence-electron chi connectivity index (χ1n) is 3.82. The van der Waals surface area contributed by atoms with Gasteiger partial charge in [0.25, 0.3) is 0 Å². The third-order valence-corrected chi connectivity index (χ3v) is 1.70. The first-order chi connectivity index (χ1) is 5.67. The smallest absolute Gasteiger partial charge is 0.249 e. The van der Waals surface area contributed by atoms with Crippen LogP contribution in [0.3, 0.4) is 0 Å². The molecule has 2 rings (SSSR count). The summed E-state index contributed by atoms with van der Waals surface area (Å²) in [6.45, 7) is 4.06. The molecule has 0 aliphatic carbocycles. The van der Waals surface area contributed by atoms with E-state index in [4.69, 9.17) is 0 Å². The minimum atomic E-state index is -0.157. The van der Waals surface area contributed by atoms with Crippen molar-refractivity contribution >= 4 is 5.96 Å². The van der Waals surface area contributed by atoms with Gasteiger partial charge >= 0.3 is 0 Å². The highest BCUT2D eigenvalue weighted by Gasteiger charge is 2.21. The van der Waals surface area contributed by atoms with Crippen LogP contribution >= 0.6 is 0 Å². The summed E-state index contributed by atoms with van der Waals surface area (Å²) >= 11 is 0. The van der Waals surface area contributed by atoms with Gasteiger partial charge in [-0.25, -0.2) is 4.99 Å². The Hall–Kier alpha value is -1.45. The number of hydrogen-bond donors (Lipinski definition) is 0. The Bertz CT molecular complexity index is 309. The molecular formula is C8H10N4. The van der Waals surface area contributed by atoms with Gasteiger partial charge in [0.1, 0.15) is 0 Å². The molecule has 12 heavy (non-hydrogen) atoms. The third kappa shape index (κ3) is 1.15. The molecule has 4 nitrogen and oxygen atoms in total. The molecule has 0 saturated heterocycles. The van der Waals surface area contributed by atoms with E-state index in [1.54, 1.807) is 6.20 Å². The maximum Gasteiger partial charge on any atom is 0.249 e. The van der Waals surface area contributed by atoms with Gasteiger partial charge < -0.3 is 0 Å². The van der Waals surface area contributed by atoms with Crippen LogP contribution in [0.4, 0.5) is 0 Å². The van der Waals surface area contributed by atoms with E-state index in [0.29, 0.717) is 5.96 Å². The zero-order chi connectivity index (χ0) is 8.60. The topological polar surface area (TPSA) is 40.3 Å². The molecule has 2 aliphatic heterocycles. The molecule has 0 aromatic rings. The number of aliphatic imine (C=N–C) groups is 1. The van der Waals surface area contributed by atoms with Crippen LogP contribution in [0.25, 0.3) is 0 Å². The van der Waals surface area contributed by atoms with Crippen LogP contribution in [0, 0.1) is 0 Å². The molecule has 2 heterocycles. The standard InChI is InChI=1S/C8H10N4/c1-8(2)3-5-12-6-4-9-11-7(12)10-8/h3-6H,1-2H3. The van der Waals surface area contributed by atoms with Gasteiger partial charge in [-0.3, -0.25) is 4.90 Å². The Morgan fingerprint density at radius 2 is 2.17 bits per heavy atom. The largest absolute Gasteiger partial charge is 0.290 e. The molecule has 0 fully saturated rings. The van der Waals surface area contributed by atoms with E-state index < -0.39 is 0 Å². The van der Waals surface area contributed by atoms with Gasteiger partial charge in [-0.05, 0) is 19.9 Å². The molecule has 0 radical (unpaired) electrons. The number of hydrogen-bond acceptors (Lipinski definition) is 4. The van der Waals surface area contributed by atoms with E-state index in [9.17, 15) is 0 Å².